The summed E-state index contributed by atoms with van der Waals surface area (Å²) in [4.78, 5) is 12.1. The molecule has 0 unspecified atom stereocenters. The van der Waals surface area contributed by atoms with E-state index in [4.69, 9.17) is 4.74 Å². The average Bonchev–Trinajstić information content (AvgIpc) is 2.47. The van der Waals surface area contributed by atoms with Crippen LogP contribution in [0.4, 0.5) is 0 Å². The highest BCUT2D eigenvalue weighted by molar-refractivity contribution is 7.93. The van der Waals surface area contributed by atoms with Crippen molar-refractivity contribution in [2.75, 3.05) is 6.26 Å². The maximum atomic E-state index is 12.1. The van der Waals surface area contributed by atoms with Crippen molar-refractivity contribution in [2.24, 2.45) is 0 Å². The lowest BCUT2D eigenvalue weighted by molar-refractivity contribution is 0.0692. The van der Waals surface area contributed by atoms with Gasteiger partial charge in [-0.3, -0.25) is 0 Å². The molecule has 0 fully saturated rings. The third-order valence-electron chi connectivity index (χ3n) is 2.59. The summed E-state index contributed by atoms with van der Waals surface area (Å²) in [7, 11) is -3.44. The number of sulfone groups is 1. The molecule has 0 atom stereocenters. The zero-order chi connectivity index (χ0) is 15.3. The topological polar surface area (TPSA) is 60.4 Å². The van der Waals surface area contributed by atoms with Gasteiger partial charge in [0, 0.05) is 11.8 Å². The molecule has 0 N–H and O–H groups in total. The van der Waals surface area contributed by atoms with Crippen LogP contribution in [0, 0.1) is 0 Å². The van der Waals surface area contributed by atoms with Gasteiger partial charge < -0.3 is 4.74 Å². The molecular formula is C16H14O4S. The normalized spacial score (nSPS) is 12.0. The standard InChI is InChI=1S/C16H14O4S/c1-21(18,19)12-15(13-8-4-2-5-9-13)20-16(17)14-10-6-3-7-11-14/h2-12H,1H3. The SMILES string of the molecule is CS(=O)(=O)C=C(OC(=O)c1ccccc1)c1ccccc1. The summed E-state index contributed by atoms with van der Waals surface area (Å²) in [5.74, 6) is -0.596. The van der Waals surface area contributed by atoms with Gasteiger partial charge in [0.2, 0.25) is 0 Å². The molecule has 0 bridgehead atoms. The zero-order valence-electron chi connectivity index (χ0n) is 11.4. The van der Waals surface area contributed by atoms with Gasteiger partial charge in [0.25, 0.3) is 0 Å². The fraction of sp³-hybridized carbons (Fsp3) is 0.0625. The summed E-state index contributed by atoms with van der Waals surface area (Å²) in [6, 6.07) is 17.0. The van der Waals surface area contributed by atoms with Crippen molar-refractivity contribution in [3.05, 3.63) is 77.2 Å². The third-order valence-corrected chi connectivity index (χ3v) is 3.23. The minimum Gasteiger partial charge on any atom is -0.422 e. The number of benzene rings is 2. The highest BCUT2D eigenvalue weighted by Gasteiger charge is 2.13. The summed E-state index contributed by atoms with van der Waals surface area (Å²) >= 11 is 0. The van der Waals surface area contributed by atoms with Crippen LogP contribution in [0.1, 0.15) is 15.9 Å². The maximum Gasteiger partial charge on any atom is 0.343 e. The van der Waals surface area contributed by atoms with Crippen molar-refractivity contribution >= 4 is 21.6 Å². The molecule has 0 saturated carbocycles. The van der Waals surface area contributed by atoms with Gasteiger partial charge in [0.1, 0.15) is 5.76 Å². The molecule has 0 aliphatic rings. The Morgan fingerprint density at radius 3 is 1.86 bits per heavy atom. The molecule has 108 valence electrons. The molecule has 5 heteroatoms. The predicted molar refractivity (Wildman–Crippen MR) is 81.1 cm³/mol. The molecular weight excluding hydrogens is 288 g/mol. The molecule has 4 nitrogen and oxygen atoms in total. The summed E-state index contributed by atoms with van der Waals surface area (Å²) in [5, 5.41) is 0.948. The zero-order valence-corrected chi connectivity index (χ0v) is 12.2. The van der Waals surface area contributed by atoms with E-state index in [2.05, 4.69) is 0 Å². The highest BCUT2D eigenvalue weighted by Crippen LogP contribution is 2.19. The fourth-order valence-corrected chi connectivity index (χ4v) is 2.25. The van der Waals surface area contributed by atoms with Gasteiger partial charge in [0.05, 0.1) is 11.0 Å². The number of esters is 1. The fourth-order valence-electron chi connectivity index (χ4n) is 1.68. The van der Waals surface area contributed by atoms with Gasteiger partial charge in [-0.25, -0.2) is 13.2 Å². The molecule has 21 heavy (non-hydrogen) atoms. The minimum atomic E-state index is -3.44. The lowest BCUT2D eigenvalue weighted by Crippen LogP contribution is -2.06. The summed E-state index contributed by atoms with van der Waals surface area (Å²) in [6.07, 6.45) is 1.05. The van der Waals surface area contributed by atoms with Crippen molar-refractivity contribution in [3.63, 3.8) is 0 Å². The smallest absolute Gasteiger partial charge is 0.343 e. The van der Waals surface area contributed by atoms with E-state index in [-0.39, 0.29) is 5.76 Å². The Bertz CT molecular complexity index is 747. The van der Waals surface area contributed by atoms with E-state index < -0.39 is 15.8 Å². The maximum absolute atomic E-state index is 12.1. The molecule has 0 aromatic heterocycles. The largest absolute Gasteiger partial charge is 0.422 e. The van der Waals surface area contributed by atoms with Gasteiger partial charge in [-0.1, -0.05) is 48.5 Å². The van der Waals surface area contributed by atoms with Gasteiger partial charge in [-0.05, 0) is 12.1 Å². The number of hydrogen-bond donors (Lipinski definition) is 0. The second-order valence-electron chi connectivity index (χ2n) is 4.43. The summed E-state index contributed by atoms with van der Waals surface area (Å²) in [5.41, 5.74) is 0.875. The van der Waals surface area contributed by atoms with E-state index in [1.807, 2.05) is 0 Å². The van der Waals surface area contributed by atoms with E-state index in [9.17, 15) is 13.2 Å². The van der Waals surface area contributed by atoms with Gasteiger partial charge in [-0.2, -0.15) is 0 Å². The van der Waals surface area contributed by atoms with E-state index in [0.717, 1.165) is 11.7 Å². The van der Waals surface area contributed by atoms with Crippen LogP contribution >= 0.6 is 0 Å². The van der Waals surface area contributed by atoms with Crippen molar-refractivity contribution in [1.29, 1.82) is 0 Å². The van der Waals surface area contributed by atoms with Crippen LogP contribution in [0.5, 0.6) is 0 Å². The Kier molecular flexibility index (Phi) is 4.55. The van der Waals surface area contributed by atoms with Crippen molar-refractivity contribution in [1.82, 2.24) is 0 Å². The van der Waals surface area contributed by atoms with E-state index >= 15 is 0 Å². The Hall–Kier alpha value is -2.40. The van der Waals surface area contributed by atoms with Gasteiger partial charge in [0.15, 0.2) is 9.84 Å². The molecule has 0 spiro atoms. The van der Waals surface area contributed by atoms with Crippen LogP contribution in [0.3, 0.4) is 0 Å². The number of carbonyl (C=O) groups excluding carboxylic acids is 1. The Morgan fingerprint density at radius 2 is 1.38 bits per heavy atom. The Balaban J connectivity index is 2.34. The average molecular weight is 302 g/mol. The first kappa shape index (κ1) is 15.0. The van der Waals surface area contributed by atoms with Crippen LogP contribution in [-0.4, -0.2) is 20.6 Å². The molecule has 0 heterocycles. The quantitative estimate of drug-likeness (QED) is 0.643. The van der Waals surface area contributed by atoms with Crippen LogP contribution in [-0.2, 0) is 14.6 Å². The number of hydrogen-bond acceptors (Lipinski definition) is 4. The second kappa shape index (κ2) is 6.37. The van der Waals surface area contributed by atoms with Crippen LogP contribution in [0.15, 0.2) is 66.1 Å². The Morgan fingerprint density at radius 1 is 0.905 bits per heavy atom. The molecule has 2 aromatic carbocycles. The van der Waals surface area contributed by atoms with Crippen molar-refractivity contribution in [2.45, 2.75) is 0 Å². The number of ether oxygens (including phenoxy) is 1. The second-order valence-corrected chi connectivity index (χ2v) is 6.33. The number of rotatable bonds is 4. The van der Waals surface area contributed by atoms with Crippen LogP contribution < -0.4 is 0 Å². The lowest BCUT2D eigenvalue weighted by Gasteiger charge is -2.08. The van der Waals surface area contributed by atoms with Crippen LogP contribution in [0.2, 0.25) is 0 Å². The van der Waals surface area contributed by atoms with E-state index in [1.165, 1.54) is 0 Å². The monoisotopic (exact) mass is 302 g/mol. The molecule has 0 amide bonds. The minimum absolute atomic E-state index is 0.00644. The molecule has 0 radical (unpaired) electrons. The molecule has 2 rings (SSSR count). The molecule has 0 aliphatic carbocycles. The molecule has 2 aromatic rings. The van der Waals surface area contributed by atoms with E-state index in [1.54, 1.807) is 60.7 Å². The molecule has 0 aliphatic heterocycles. The summed E-state index contributed by atoms with van der Waals surface area (Å²) in [6.45, 7) is 0. The summed E-state index contributed by atoms with van der Waals surface area (Å²) < 4.78 is 28.2. The van der Waals surface area contributed by atoms with Gasteiger partial charge in [-0.15, -0.1) is 0 Å². The Labute approximate surface area is 123 Å². The first-order chi connectivity index (χ1) is 9.96. The molecule has 0 saturated heterocycles. The third kappa shape index (κ3) is 4.57. The predicted octanol–water partition coefficient (Wildman–Crippen LogP) is 2.89. The lowest BCUT2D eigenvalue weighted by atomic mass is 10.2. The van der Waals surface area contributed by atoms with E-state index in [0.29, 0.717) is 11.1 Å². The van der Waals surface area contributed by atoms with Gasteiger partial charge >= 0.3 is 5.97 Å². The first-order valence-electron chi connectivity index (χ1n) is 6.20. The van der Waals surface area contributed by atoms with Crippen LogP contribution in [0.25, 0.3) is 5.76 Å². The van der Waals surface area contributed by atoms with Crippen molar-refractivity contribution in [3.8, 4) is 0 Å². The van der Waals surface area contributed by atoms with Crippen molar-refractivity contribution < 1.29 is 17.9 Å². The number of carbonyl (C=O) groups is 1. The highest BCUT2D eigenvalue weighted by atomic mass is 32.2. The first-order valence-corrected chi connectivity index (χ1v) is 8.15.